The van der Waals surface area contributed by atoms with Gasteiger partial charge in [-0.15, -0.1) is 0 Å². The fourth-order valence-corrected chi connectivity index (χ4v) is 1.80. The SMILES string of the molecule is O=[N+]([O-])c1ccc(-c2cc[c]c([N+](=O)[O-])c2[N+](=O)[O-])cc1. The Morgan fingerprint density at radius 2 is 1.43 bits per heavy atom. The number of hydrogen-bond acceptors (Lipinski definition) is 6. The lowest BCUT2D eigenvalue weighted by molar-refractivity contribution is -0.422. The van der Waals surface area contributed by atoms with Gasteiger partial charge in [-0.05, 0) is 29.8 Å². The molecule has 9 nitrogen and oxygen atoms in total. The largest absolute Gasteiger partial charge is 0.354 e. The molecule has 0 bridgehead atoms. The van der Waals surface area contributed by atoms with Gasteiger partial charge >= 0.3 is 11.4 Å². The molecular weight excluding hydrogens is 282 g/mol. The van der Waals surface area contributed by atoms with E-state index in [0.717, 1.165) is 0 Å². The van der Waals surface area contributed by atoms with E-state index in [0.29, 0.717) is 0 Å². The smallest absolute Gasteiger partial charge is 0.258 e. The minimum Gasteiger partial charge on any atom is -0.258 e. The molecule has 0 heterocycles. The Balaban J connectivity index is 2.63. The minimum atomic E-state index is -0.896. The summed E-state index contributed by atoms with van der Waals surface area (Å²) in [4.78, 5) is 30.1. The maximum atomic E-state index is 11.1. The third-order valence-electron chi connectivity index (χ3n) is 2.70. The van der Waals surface area contributed by atoms with Crippen molar-refractivity contribution < 1.29 is 14.8 Å². The second-order valence-electron chi connectivity index (χ2n) is 3.91. The Bertz CT molecular complexity index is 741. The van der Waals surface area contributed by atoms with Crippen molar-refractivity contribution in [2.45, 2.75) is 0 Å². The second kappa shape index (κ2) is 5.33. The van der Waals surface area contributed by atoms with Gasteiger partial charge in [0.05, 0.1) is 26.4 Å². The van der Waals surface area contributed by atoms with Crippen molar-refractivity contribution in [1.29, 1.82) is 0 Å². The molecule has 2 aromatic rings. The predicted molar refractivity (Wildman–Crippen MR) is 70.7 cm³/mol. The monoisotopic (exact) mass is 288 g/mol. The van der Waals surface area contributed by atoms with Crippen LogP contribution in [0.25, 0.3) is 11.1 Å². The van der Waals surface area contributed by atoms with Crippen molar-refractivity contribution >= 4 is 17.1 Å². The van der Waals surface area contributed by atoms with E-state index in [2.05, 4.69) is 6.07 Å². The minimum absolute atomic E-state index is 0.000322. The van der Waals surface area contributed by atoms with E-state index in [1.807, 2.05) is 0 Å². The van der Waals surface area contributed by atoms with Crippen LogP contribution in [-0.2, 0) is 0 Å². The van der Waals surface area contributed by atoms with Gasteiger partial charge in [-0.25, -0.2) is 0 Å². The zero-order chi connectivity index (χ0) is 15.6. The van der Waals surface area contributed by atoms with Crippen LogP contribution in [0.4, 0.5) is 17.1 Å². The van der Waals surface area contributed by atoms with Crippen LogP contribution in [0.1, 0.15) is 0 Å². The average Bonchev–Trinajstić information content (AvgIpc) is 2.46. The van der Waals surface area contributed by atoms with Crippen molar-refractivity contribution in [2.24, 2.45) is 0 Å². The molecule has 0 spiro atoms. The molecular formula is C12H6N3O6. The summed E-state index contributed by atoms with van der Waals surface area (Å²) in [5, 5.41) is 32.5. The van der Waals surface area contributed by atoms with E-state index >= 15 is 0 Å². The van der Waals surface area contributed by atoms with Crippen molar-refractivity contribution in [1.82, 2.24) is 0 Å². The Hall–Kier alpha value is -3.36. The summed E-state index contributed by atoms with van der Waals surface area (Å²) in [6, 6.07) is 9.63. The highest BCUT2D eigenvalue weighted by Crippen LogP contribution is 2.37. The van der Waals surface area contributed by atoms with Gasteiger partial charge in [0, 0.05) is 12.1 Å². The lowest BCUT2D eigenvalue weighted by Gasteiger charge is -2.03. The second-order valence-corrected chi connectivity index (χ2v) is 3.91. The zero-order valence-electron chi connectivity index (χ0n) is 10.3. The molecule has 0 amide bonds. The van der Waals surface area contributed by atoms with Crippen LogP contribution in [0.3, 0.4) is 0 Å². The summed E-state index contributed by atoms with van der Waals surface area (Å²) in [6.07, 6.45) is 0. The molecule has 0 aliphatic rings. The van der Waals surface area contributed by atoms with E-state index in [4.69, 9.17) is 0 Å². The lowest BCUT2D eigenvalue weighted by atomic mass is 10.0. The summed E-state index contributed by atoms with van der Waals surface area (Å²) in [5.74, 6) is 0. The van der Waals surface area contributed by atoms with Gasteiger partial charge in [0.2, 0.25) is 0 Å². The van der Waals surface area contributed by atoms with Gasteiger partial charge in [-0.1, -0.05) is 0 Å². The van der Waals surface area contributed by atoms with Gasteiger partial charge in [0.25, 0.3) is 5.69 Å². The third-order valence-corrected chi connectivity index (χ3v) is 2.70. The molecule has 0 saturated heterocycles. The molecule has 2 rings (SSSR count). The topological polar surface area (TPSA) is 129 Å². The highest BCUT2D eigenvalue weighted by atomic mass is 16.6. The van der Waals surface area contributed by atoms with Gasteiger partial charge in [0.1, 0.15) is 0 Å². The molecule has 0 unspecified atom stereocenters. The Labute approximate surface area is 116 Å². The quantitative estimate of drug-likeness (QED) is 0.628. The maximum Gasteiger partial charge on any atom is 0.354 e. The zero-order valence-corrected chi connectivity index (χ0v) is 10.3. The first-order valence-corrected chi connectivity index (χ1v) is 5.50. The molecule has 21 heavy (non-hydrogen) atoms. The highest BCUT2D eigenvalue weighted by Gasteiger charge is 2.29. The first-order chi connectivity index (χ1) is 9.91. The molecule has 2 aromatic carbocycles. The van der Waals surface area contributed by atoms with Crippen LogP contribution < -0.4 is 0 Å². The number of non-ortho nitro benzene ring substituents is 1. The number of nitrogens with zero attached hydrogens (tertiary/aromatic N) is 3. The number of nitro groups is 3. The molecule has 1 radical (unpaired) electrons. The first kappa shape index (κ1) is 14.1. The summed E-state index contributed by atoms with van der Waals surface area (Å²) in [6.45, 7) is 0. The summed E-state index contributed by atoms with van der Waals surface area (Å²) in [7, 11) is 0. The maximum absolute atomic E-state index is 11.1. The van der Waals surface area contributed by atoms with Crippen LogP contribution in [0.2, 0.25) is 0 Å². The number of rotatable bonds is 4. The van der Waals surface area contributed by atoms with Crippen LogP contribution in [0, 0.1) is 36.4 Å². The van der Waals surface area contributed by atoms with Gasteiger partial charge in [0.15, 0.2) is 0 Å². The van der Waals surface area contributed by atoms with Crippen molar-refractivity contribution in [3.63, 3.8) is 0 Å². The fraction of sp³-hybridized carbons (Fsp3) is 0. The number of hydrogen-bond donors (Lipinski definition) is 0. The number of benzene rings is 2. The number of nitro benzene ring substituents is 3. The van der Waals surface area contributed by atoms with E-state index in [1.165, 1.54) is 36.4 Å². The molecule has 9 heteroatoms. The van der Waals surface area contributed by atoms with Crippen molar-refractivity contribution in [2.75, 3.05) is 0 Å². The first-order valence-electron chi connectivity index (χ1n) is 5.50. The predicted octanol–water partition coefficient (Wildman–Crippen LogP) is 2.88. The summed E-state index contributed by atoms with van der Waals surface area (Å²) >= 11 is 0. The molecule has 0 aliphatic carbocycles. The van der Waals surface area contributed by atoms with Crippen LogP contribution in [0.15, 0.2) is 36.4 Å². The van der Waals surface area contributed by atoms with Crippen molar-refractivity contribution in [3.8, 4) is 11.1 Å². The van der Waals surface area contributed by atoms with E-state index < -0.39 is 26.1 Å². The molecule has 0 atom stereocenters. The van der Waals surface area contributed by atoms with Gasteiger partial charge < -0.3 is 0 Å². The fourth-order valence-electron chi connectivity index (χ4n) is 1.80. The molecule has 0 fully saturated rings. The highest BCUT2D eigenvalue weighted by molar-refractivity contribution is 5.79. The standard InChI is InChI=1S/C12H6N3O6/c16-13(17)9-6-4-8(5-7-9)10-2-1-3-11(14(18)19)12(10)15(20)21/h1-2,4-7H. The summed E-state index contributed by atoms with van der Waals surface area (Å²) in [5.41, 5.74) is -1.37. The van der Waals surface area contributed by atoms with Crippen LogP contribution in [-0.4, -0.2) is 14.8 Å². The normalized spacial score (nSPS) is 10.1. The van der Waals surface area contributed by atoms with Crippen LogP contribution >= 0.6 is 0 Å². The van der Waals surface area contributed by atoms with Gasteiger partial charge in [-0.2, -0.15) is 0 Å². The molecule has 0 N–H and O–H groups in total. The Morgan fingerprint density at radius 3 is 1.90 bits per heavy atom. The third kappa shape index (κ3) is 2.66. The average molecular weight is 288 g/mol. The lowest BCUT2D eigenvalue weighted by Crippen LogP contribution is -1.99. The Morgan fingerprint density at radius 1 is 0.810 bits per heavy atom. The molecule has 0 aromatic heterocycles. The van der Waals surface area contributed by atoms with E-state index in [9.17, 15) is 30.3 Å². The van der Waals surface area contributed by atoms with E-state index in [1.54, 1.807) is 0 Å². The Kier molecular flexibility index (Phi) is 3.57. The molecule has 0 aliphatic heterocycles. The van der Waals surface area contributed by atoms with E-state index in [-0.39, 0.29) is 16.8 Å². The van der Waals surface area contributed by atoms with Crippen molar-refractivity contribution in [3.05, 3.63) is 72.8 Å². The molecule has 105 valence electrons. The van der Waals surface area contributed by atoms with Gasteiger partial charge in [-0.3, -0.25) is 30.3 Å². The van der Waals surface area contributed by atoms with Crippen LogP contribution in [0.5, 0.6) is 0 Å². The molecule has 0 saturated carbocycles. The summed E-state index contributed by atoms with van der Waals surface area (Å²) < 4.78 is 0.